The molecule has 1 saturated carbocycles. The van der Waals surface area contributed by atoms with E-state index in [-0.39, 0.29) is 11.9 Å². The lowest BCUT2D eigenvalue weighted by molar-refractivity contribution is -0.119. The Morgan fingerprint density at radius 3 is 2.55 bits per heavy atom. The summed E-state index contributed by atoms with van der Waals surface area (Å²) < 4.78 is 13.0. The lowest BCUT2D eigenvalue weighted by Gasteiger charge is -2.25. The van der Waals surface area contributed by atoms with Crippen LogP contribution < -0.4 is 14.8 Å². The monoisotopic (exact) mass is 418 g/mol. The quantitative estimate of drug-likeness (QED) is 0.651. The predicted molar refractivity (Wildman–Crippen MR) is 115 cm³/mol. The second-order valence-electron chi connectivity index (χ2n) is 7.55. The van der Waals surface area contributed by atoms with E-state index >= 15 is 0 Å². The van der Waals surface area contributed by atoms with Gasteiger partial charge in [-0.25, -0.2) is 0 Å². The van der Waals surface area contributed by atoms with Crippen LogP contribution >= 0.6 is 11.8 Å². The van der Waals surface area contributed by atoms with Crippen LogP contribution in [0.1, 0.15) is 52.0 Å². The third-order valence-electron chi connectivity index (χ3n) is 5.03. The molecule has 1 N–H and O–H groups in total. The zero-order valence-electron chi connectivity index (χ0n) is 17.6. The Labute approximate surface area is 176 Å². The molecule has 1 amide bonds. The first-order chi connectivity index (χ1) is 14.0. The van der Waals surface area contributed by atoms with Crippen molar-refractivity contribution in [3.8, 4) is 22.9 Å². The second kappa shape index (κ2) is 10.0. The van der Waals surface area contributed by atoms with E-state index in [1.165, 1.54) is 31.0 Å². The van der Waals surface area contributed by atoms with Crippen molar-refractivity contribution in [3.63, 3.8) is 0 Å². The van der Waals surface area contributed by atoms with Crippen molar-refractivity contribution in [1.29, 1.82) is 0 Å². The van der Waals surface area contributed by atoms with Gasteiger partial charge >= 0.3 is 0 Å². The Kier molecular flexibility index (Phi) is 7.41. The zero-order chi connectivity index (χ0) is 20.8. The normalized spacial score (nSPS) is 14.8. The highest BCUT2D eigenvalue weighted by Gasteiger charge is 2.25. The number of benzene rings is 1. The third kappa shape index (κ3) is 5.23. The van der Waals surface area contributed by atoms with Gasteiger partial charge in [0.1, 0.15) is 0 Å². The maximum absolute atomic E-state index is 12.1. The van der Waals surface area contributed by atoms with Crippen LogP contribution in [0.5, 0.6) is 11.5 Å². The van der Waals surface area contributed by atoms with Crippen LogP contribution in [-0.4, -0.2) is 46.7 Å². The fourth-order valence-electron chi connectivity index (χ4n) is 3.71. The van der Waals surface area contributed by atoms with Gasteiger partial charge in [-0.05, 0) is 44.9 Å². The summed E-state index contributed by atoms with van der Waals surface area (Å²) in [7, 11) is 3.25. The number of hydrogen-bond donors (Lipinski definition) is 1. The van der Waals surface area contributed by atoms with Gasteiger partial charge in [0, 0.05) is 17.6 Å². The lowest BCUT2D eigenvalue weighted by atomic mass is 9.95. The second-order valence-corrected chi connectivity index (χ2v) is 8.49. The molecule has 0 saturated heterocycles. The van der Waals surface area contributed by atoms with Gasteiger partial charge in [0.25, 0.3) is 0 Å². The van der Waals surface area contributed by atoms with E-state index in [1.54, 1.807) is 14.2 Å². The summed E-state index contributed by atoms with van der Waals surface area (Å²) in [6.45, 7) is 3.92. The molecule has 3 rings (SSSR count). The van der Waals surface area contributed by atoms with Crippen LogP contribution in [0.25, 0.3) is 11.4 Å². The largest absolute Gasteiger partial charge is 0.493 e. The minimum atomic E-state index is 0.0101. The number of carbonyl (C=O) groups excluding carboxylic acids is 1. The topological polar surface area (TPSA) is 78.3 Å². The van der Waals surface area contributed by atoms with E-state index in [9.17, 15) is 4.79 Å². The molecule has 1 aliphatic carbocycles. The van der Waals surface area contributed by atoms with Gasteiger partial charge in [-0.3, -0.25) is 9.36 Å². The number of methoxy groups -OCH3 is 2. The predicted octanol–water partition coefficient (Wildman–Crippen LogP) is 4.08. The van der Waals surface area contributed by atoms with Crippen molar-refractivity contribution in [1.82, 2.24) is 20.1 Å². The van der Waals surface area contributed by atoms with E-state index in [1.807, 2.05) is 32.0 Å². The first-order valence-corrected chi connectivity index (χ1v) is 11.1. The molecule has 0 unspecified atom stereocenters. The lowest BCUT2D eigenvalue weighted by Crippen LogP contribution is -2.31. The molecule has 0 spiro atoms. The molecule has 158 valence electrons. The van der Waals surface area contributed by atoms with Crippen molar-refractivity contribution in [3.05, 3.63) is 18.2 Å². The number of amides is 1. The van der Waals surface area contributed by atoms with E-state index in [2.05, 4.69) is 20.1 Å². The van der Waals surface area contributed by atoms with Crippen molar-refractivity contribution < 1.29 is 14.3 Å². The summed E-state index contributed by atoms with van der Waals surface area (Å²) in [4.78, 5) is 12.1. The number of rotatable bonds is 8. The summed E-state index contributed by atoms with van der Waals surface area (Å²) >= 11 is 1.45. The number of nitrogens with one attached hydrogen (secondary N) is 1. The Hall–Kier alpha value is -2.22. The molecule has 1 heterocycles. The fraction of sp³-hybridized carbons (Fsp3) is 0.571. The van der Waals surface area contributed by atoms with Gasteiger partial charge in [-0.15, -0.1) is 10.2 Å². The standard InChI is InChI=1S/C21H30N4O3S/c1-14(2)22-19(26)13-29-21-24-23-20(25(21)16-8-6-5-7-9-16)15-10-11-17(27-3)18(12-15)28-4/h10-12,14,16H,5-9,13H2,1-4H3,(H,22,26). The van der Waals surface area contributed by atoms with Crippen molar-refractivity contribution in [2.24, 2.45) is 0 Å². The highest BCUT2D eigenvalue weighted by Crippen LogP contribution is 2.38. The van der Waals surface area contributed by atoms with Gasteiger partial charge < -0.3 is 14.8 Å². The summed E-state index contributed by atoms with van der Waals surface area (Å²) in [5.41, 5.74) is 0.930. The summed E-state index contributed by atoms with van der Waals surface area (Å²) in [5.74, 6) is 2.49. The van der Waals surface area contributed by atoms with Gasteiger partial charge in [-0.1, -0.05) is 31.0 Å². The number of hydrogen-bond acceptors (Lipinski definition) is 6. The van der Waals surface area contributed by atoms with Crippen molar-refractivity contribution >= 4 is 17.7 Å². The maximum Gasteiger partial charge on any atom is 0.230 e. The van der Waals surface area contributed by atoms with Gasteiger partial charge in [0.15, 0.2) is 22.5 Å². The number of aromatic nitrogens is 3. The zero-order valence-corrected chi connectivity index (χ0v) is 18.4. The Bertz CT molecular complexity index is 831. The molecule has 7 nitrogen and oxygen atoms in total. The fourth-order valence-corrected chi connectivity index (χ4v) is 4.53. The molecule has 0 atom stereocenters. The Morgan fingerprint density at radius 1 is 1.17 bits per heavy atom. The van der Waals surface area contributed by atoms with Crippen LogP contribution in [0.15, 0.2) is 23.4 Å². The van der Waals surface area contributed by atoms with E-state index in [0.29, 0.717) is 23.3 Å². The van der Waals surface area contributed by atoms with E-state index < -0.39 is 0 Å². The number of carbonyl (C=O) groups is 1. The van der Waals surface area contributed by atoms with Crippen molar-refractivity contribution in [2.45, 2.75) is 63.2 Å². The van der Waals surface area contributed by atoms with Crippen LogP contribution in [0.3, 0.4) is 0 Å². The molecule has 1 fully saturated rings. The number of nitrogens with zero attached hydrogens (tertiary/aromatic N) is 3. The van der Waals surface area contributed by atoms with Crippen molar-refractivity contribution in [2.75, 3.05) is 20.0 Å². The van der Waals surface area contributed by atoms with E-state index in [4.69, 9.17) is 9.47 Å². The minimum Gasteiger partial charge on any atom is -0.493 e. The molecule has 0 aliphatic heterocycles. The summed E-state index contributed by atoms with van der Waals surface area (Å²) in [5, 5.41) is 12.7. The average molecular weight is 419 g/mol. The molecular weight excluding hydrogens is 388 g/mol. The molecule has 2 aromatic rings. The minimum absolute atomic E-state index is 0.0101. The summed E-state index contributed by atoms with van der Waals surface area (Å²) in [6, 6.07) is 6.27. The molecule has 0 radical (unpaired) electrons. The smallest absolute Gasteiger partial charge is 0.230 e. The van der Waals surface area contributed by atoms with Gasteiger partial charge in [-0.2, -0.15) is 0 Å². The van der Waals surface area contributed by atoms with Gasteiger partial charge in [0.2, 0.25) is 5.91 Å². The maximum atomic E-state index is 12.1. The molecule has 1 aromatic carbocycles. The molecule has 0 bridgehead atoms. The highest BCUT2D eigenvalue weighted by atomic mass is 32.2. The Balaban J connectivity index is 1.92. The number of ether oxygens (including phenoxy) is 2. The SMILES string of the molecule is COc1ccc(-c2nnc(SCC(=O)NC(C)C)n2C2CCCCC2)cc1OC. The third-order valence-corrected chi connectivity index (χ3v) is 5.97. The molecule has 29 heavy (non-hydrogen) atoms. The number of thioether (sulfide) groups is 1. The highest BCUT2D eigenvalue weighted by molar-refractivity contribution is 7.99. The first kappa shape index (κ1) is 21.5. The van der Waals surface area contributed by atoms with Crippen LogP contribution in [0.4, 0.5) is 0 Å². The van der Waals surface area contributed by atoms with Crippen LogP contribution in [-0.2, 0) is 4.79 Å². The Morgan fingerprint density at radius 2 is 1.90 bits per heavy atom. The molecule has 8 heteroatoms. The first-order valence-electron chi connectivity index (χ1n) is 10.1. The average Bonchev–Trinajstić information content (AvgIpc) is 3.15. The van der Waals surface area contributed by atoms with E-state index in [0.717, 1.165) is 29.4 Å². The van der Waals surface area contributed by atoms with Gasteiger partial charge in [0.05, 0.1) is 20.0 Å². The molecule has 1 aliphatic rings. The van der Waals surface area contributed by atoms with Crippen LogP contribution in [0, 0.1) is 0 Å². The van der Waals surface area contributed by atoms with Crippen LogP contribution in [0.2, 0.25) is 0 Å². The molecular formula is C21H30N4O3S. The molecule has 1 aromatic heterocycles. The summed E-state index contributed by atoms with van der Waals surface area (Å²) in [6.07, 6.45) is 5.87.